The maximum atomic E-state index is 12.0. The first kappa shape index (κ1) is 13.3. The van der Waals surface area contributed by atoms with Gasteiger partial charge in [-0.25, -0.2) is 0 Å². The van der Waals surface area contributed by atoms with Crippen LogP contribution in [0.3, 0.4) is 0 Å². The third-order valence-electron chi connectivity index (χ3n) is 3.31. The molecule has 1 saturated carbocycles. The fraction of sp³-hybridized carbons (Fsp3) is 0.429. The number of ketones is 1. The SMILES string of the molecule is Cc1ccc(C(=O)NC2CCC(=O)CC2)cc1Br. The largest absolute Gasteiger partial charge is 0.349 e. The van der Waals surface area contributed by atoms with Crippen LogP contribution in [0.4, 0.5) is 0 Å². The lowest BCUT2D eigenvalue weighted by Gasteiger charge is -2.22. The van der Waals surface area contributed by atoms with Crippen LogP contribution in [0, 0.1) is 6.92 Å². The van der Waals surface area contributed by atoms with E-state index < -0.39 is 0 Å². The van der Waals surface area contributed by atoms with Crippen LogP contribution >= 0.6 is 15.9 Å². The van der Waals surface area contributed by atoms with Gasteiger partial charge in [-0.2, -0.15) is 0 Å². The van der Waals surface area contributed by atoms with Gasteiger partial charge in [0.15, 0.2) is 0 Å². The normalized spacial score (nSPS) is 16.7. The molecular formula is C14H16BrNO2. The van der Waals surface area contributed by atoms with E-state index in [9.17, 15) is 9.59 Å². The topological polar surface area (TPSA) is 46.2 Å². The van der Waals surface area contributed by atoms with Gasteiger partial charge in [-0.05, 0) is 37.5 Å². The number of aryl methyl sites for hydroxylation is 1. The van der Waals surface area contributed by atoms with E-state index in [2.05, 4.69) is 21.2 Å². The highest BCUT2D eigenvalue weighted by atomic mass is 79.9. The zero-order chi connectivity index (χ0) is 13.1. The molecule has 2 rings (SSSR count). The second-order valence-electron chi connectivity index (χ2n) is 4.75. The number of amides is 1. The summed E-state index contributed by atoms with van der Waals surface area (Å²) >= 11 is 3.42. The van der Waals surface area contributed by atoms with E-state index in [1.807, 2.05) is 25.1 Å². The molecule has 1 aliphatic rings. The zero-order valence-corrected chi connectivity index (χ0v) is 11.9. The van der Waals surface area contributed by atoms with Gasteiger partial charge in [0.2, 0.25) is 0 Å². The van der Waals surface area contributed by atoms with Gasteiger partial charge in [0.05, 0.1) is 0 Å². The van der Waals surface area contributed by atoms with Gasteiger partial charge in [0, 0.05) is 28.9 Å². The highest BCUT2D eigenvalue weighted by Crippen LogP contribution is 2.19. The zero-order valence-electron chi connectivity index (χ0n) is 10.3. The molecule has 1 amide bonds. The number of hydrogen-bond acceptors (Lipinski definition) is 2. The van der Waals surface area contributed by atoms with E-state index in [0.29, 0.717) is 24.2 Å². The average molecular weight is 310 g/mol. The van der Waals surface area contributed by atoms with Crippen molar-refractivity contribution in [3.05, 3.63) is 33.8 Å². The minimum absolute atomic E-state index is 0.0601. The molecule has 1 N–H and O–H groups in total. The Labute approximate surface area is 115 Å². The van der Waals surface area contributed by atoms with Crippen LogP contribution in [0.25, 0.3) is 0 Å². The summed E-state index contributed by atoms with van der Waals surface area (Å²) in [5.74, 6) is 0.244. The van der Waals surface area contributed by atoms with Crippen molar-refractivity contribution in [3.8, 4) is 0 Å². The highest BCUT2D eigenvalue weighted by molar-refractivity contribution is 9.10. The molecule has 0 bridgehead atoms. The summed E-state index contributed by atoms with van der Waals surface area (Å²) in [5.41, 5.74) is 1.76. The molecule has 1 fully saturated rings. The number of Topliss-reactive ketones (excluding diaryl/α,β-unsaturated/α-hetero) is 1. The van der Waals surface area contributed by atoms with E-state index in [1.165, 1.54) is 0 Å². The Morgan fingerprint density at radius 3 is 2.61 bits per heavy atom. The molecule has 0 atom stereocenters. The molecule has 3 nitrogen and oxygen atoms in total. The van der Waals surface area contributed by atoms with E-state index in [-0.39, 0.29) is 11.9 Å². The van der Waals surface area contributed by atoms with Crippen LogP contribution in [0.1, 0.15) is 41.6 Å². The fourth-order valence-corrected chi connectivity index (χ4v) is 2.47. The Bertz CT molecular complexity index is 475. The molecule has 1 aliphatic carbocycles. The Kier molecular flexibility index (Phi) is 4.17. The molecular weight excluding hydrogens is 294 g/mol. The molecule has 0 heterocycles. The average Bonchev–Trinajstić information content (AvgIpc) is 2.35. The Balaban J connectivity index is 1.99. The lowest BCUT2D eigenvalue weighted by molar-refractivity contribution is -0.120. The van der Waals surface area contributed by atoms with Crippen LogP contribution in [0.15, 0.2) is 22.7 Å². The van der Waals surface area contributed by atoms with Crippen molar-refractivity contribution in [2.75, 3.05) is 0 Å². The minimum atomic E-state index is -0.0601. The number of hydrogen-bond donors (Lipinski definition) is 1. The van der Waals surface area contributed by atoms with Crippen LogP contribution in [-0.4, -0.2) is 17.7 Å². The summed E-state index contributed by atoms with van der Waals surface area (Å²) < 4.78 is 0.939. The molecule has 0 saturated heterocycles. The van der Waals surface area contributed by atoms with Gasteiger partial charge in [-0.3, -0.25) is 9.59 Å². The standard InChI is InChI=1S/C14H16BrNO2/c1-9-2-3-10(8-13(9)15)14(18)16-11-4-6-12(17)7-5-11/h2-3,8,11H,4-7H2,1H3,(H,16,18). The van der Waals surface area contributed by atoms with Crippen molar-refractivity contribution in [2.45, 2.75) is 38.6 Å². The van der Waals surface area contributed by atoms with Crippen LogP contribution < -0.4 is 5.32 Å². The predicted octanol–water partition coefficient (Wildman–Crippen LogP) is 3.00. The summed E-state index contributed by atoms with van der Waals surface area (Å²) in [7, 11) is 0. The number of rotatable bonds is 2. The monoisotopic (exact) mass is 309 g/mol. The third kappa shape index (κ3) is 3.19. The molecule has 0 aromatic heterocycles. The van der Waals surface area contributed by atoms with Gasteiger partial charge in [0.1, 0.15) is 5.78 Å². The first-order valence-corrected chi connectivity index (χ1v) is 6.94. The number of carbonyl (C=O) groups excluding carboxylic acids is 2. The highest BCUT2D eigenvalue weighted by Gasteiger charge is 2.20. The lowest BCUT2D eigenvalue weighted by Crippen LogP contribution is -2.37. The third-order valence-corrected chi connectivity index (χ3v) is 4.17. The molecule has 18 heavy (non-hydrogen) atoms. The van der Waals surface area contributed by atoms with Crippen molar-refractivity contribution in [1.82, 2.24) is 5.32 Å². The summed E-state index contributed by atoms with van der Waals surface area (Å²) in [6.07, 6.45) is 2.69. The number of nitrogens with one attached hydrogen (secondary N) is 1. The maximum absolute atomic E-state index is 12.0. The summed E-state index contributed by atoms with van der Waals surface area (Å²) in [6.45, 7) is 1.98. The molecule has 4 heteroatoms. The summed E-state index contributed by atoms with van der Waals surface area (Å²) in [4.78, 5) is 23.2. The van der Waals surface area contributed by atoms with E-state index in [4.69, 9.17) is 0 Å². The van der Waals surface area contributed by atoms with Crippen molar-refractivity contribution < 1.29 is 9.59 Å². The first-order valence-electron chi connectivity index (χ1n) is 6.15. The number of carbonyl (C=O) groups is 2. The number of halogens is 1. The van der Waals surface area contributed by atoms with Gasteiger partial charge >= 0.3 is 0 Å². The van der Waals surface area contributed by atoms with E-state index in [1.54, 1.807) is 0 Å². The molecule has 0 spiro atoms. The molecule has 1 aromatic carbocycles. The van der Waals surface area contributed by atoms with Crippen molar-refractivity contribution in [2.24, 2.45) is 0 Å². The van der Waals surface area contributed by atoms with Gasteiger partial charge < -0.3 is 5.32 Å². The van der Waals surface area contributed by atoms with Crippen LogP contribution in [0.2, 0.25) is 0 Å². The van der Waals surface area contributed by atoms with E-state index in [0.717, 1.165) is 22.9 Å². The van der Waals surface area contributed by atoms with E-state index >= 15 is 0 Å². The van der Waals surface area contributed by atoms with Crippen molar-refractivity contribution in [1.29, 1.82) is 0 Å². The Hall–Kier alpha value is -1.16. The van der Waals surface area contributed by atoms with Gasteiger partial charge in [-0.15, -0.1) is 0 Å². The predicted molar refractivity (Wildman–Crippen MR) is 73.6 cm³/mol. The molecule has 0 aliphatic heterocycles. The second kappa shape index (κ2) is 5.65. The number of benzene rings is 1. The molecule has 0 unspecified atom stereocenters. The Morgan fingerprint density at radius 2 is 2.00 bits per heavy atom. The smallest absolute Gasteiger partial charge is 0.251 e. The minimum Gasteiger partial charge on any atom is -0.349 e. The second-order valence-corrected chi connectivity index (χ2v) is 5.60. The quantitative estimate of drug-likeness (QED) is 0.913. The Morgan fingerprint density at radius 1 is 1.33 bits per heavy atom. The molecule has 96 valence electrons. The molecule has 0 radical (unpaired) electrons. The first-order chi connectivity index (χ1) is 8.56. The summed E-state index contributed by atoms with van der Waals surface area (Å²) in [5, 5.41) is 2.99. The molecule has 1 aromatic rings. The van der Waals surface area contributed by atoms with Crippen molar-refractivity contribution >= 4 is 27.6 Å². The van der Waals surface area contributed by atoms with Crippen LogP contribution in [-0.2, 0) is 4.79 Å². The van der Waals surface area contributed by atoms with Gasteiger partial charge in [-0.1, -0.05) is 22.0 Å². The fourth-order valence-electron chi connectivity index (χ4n) is 2.09. The lowest BCUT2D eigenvalue weighted by atomic mass is 9.94. The van der Waals surface area contributed by atoms with Crippen LogP contribution in [0.5, 0.6) is 0 Å². The van der Waals surface area contributed by atoms with Gasteiger partial charge in [0.25, 0.3) is 5.91 Å². The van der Waals surface area contributed by atoms with Crippen molar-refractivity contribution in [3.63, 3.8) is 0 Å². The summed E-state index contributed by atoms with van der Waals surface area (Å²) in [6, 6.07) is 5.71. The maximum Gasteiger partial charge on any atom is 0.251 e.